The van der Waals surface area contributed by atoms with Crippen LogP contribution in [0.4, 0.5) is 17.1 Å². The summed E-state index contributed by atoms with van der Waals surface area (Å²) in [4.78, 5) is 16.5. The van der Waals surface area contributed by atoms with Crippen molar-refractivity contribution in [3.8, 4) is 0 Å². The summed E-state index contributed by atoms with van der Waals surface area (Å²) < 4.78 is 0. The summed E-state index contributed by atoms with van der Waals surface area (Å²) in [6, 6.07) is 18.1. The van der Waals surface area contributed by atoms with E-state index in [2.05, 4.69) is 41.1 Å². The average molecular weight is 325 g/mol. The Labute approximate surface area is 145 Å². The molecule has 0 heterocycles. The highest BCUT2D eigenvalue weighted by Crippen LogP contribution is 2.18. The molecule has 0 atom stereocenters. The van der Waals surface area contributed by atoms with Gasteiger partial charge in [0.05, 0.1) is 0 Å². The third kappa shape index (κ3) is 5.01. The summed E-state index contributed by atoms with van der Waals surface area (Å²) in [5.74, 6) is 0.0355. The first kappa shape index (κ1) is 17.9. The topological polar surface area (TPSA) is 35.6 Å². The molecule has 0 unspecified atom stereocenters. The van der Waals surface area contributed by atoms with Crippen LogP contribution in [0.15, 0.2) is 54.6 Å². The Morgan fingerprint density at radius 2 is 1.54 bits per heavy atom. The molecule has 0 saturated heterocycles. The van der Waals surface area contributed by atoms with E-state index < -0.39 is 0 Å². The van der Waals surface area contributed by atoms with Crippen molar-refractivity contribution < 1.29 is 4.79 Å². The lowest BCUT2D eigenvalue weighted by molar-refractivity contribution is -0.116. The largest absolute Gasteiger partial charge is 0.374 e. The van der Waals surface area contributed by atoms with Crippen LogP contribution in [0.3, 0.4) is 0 Å². The highest BCUT2D eigenvalue weighted by atomic mass is 16.1. The number of para-hydroxylation sites is 1. The fourth-order valence-electron chi connectivity index (χ4n) is 2.65. The van der Waals surface area contributed by atoms with Gasteiger partial charge in [0.25, 0.3) is 0 Å². The van der Waals surface area contributed by atoms with Crippen LogP contribution in [0.5, 0.6) is 0 Å². The molecule has 0 saturated carbocycles. The summed E-state index contributed by atoms with van der Waals surface area (Å²) in [5, 5.41) is 2.97. The number of anilines is 3. The predicted octanol–water partition coefficient (Wildman–Crippen LogP) is 4.00. The van der Waals surface area contributed by atoms with Crippen LogP contribution in [0.25, 0.3) is 0 Å². The first-order valence-corrected chi connectivity index (χ1v) is 8.55. The molecule has 2 aromatic rings. The van der Waals surface area contributed by atoms with Gasteiger partial charge in [-0.25, -0.2) is 0 Å². The van der Waals surface area contributed by atoms with Crippen LogP contribution >= 0.6 is 0 Å². The molecule has 0 aromatic heterocycles. The Kier molecular flexibility index (Phi) is 6.67. The van der Waals surface area contributed by atoms with Crippen LogP contribution in [-0.4, -0.2) is 32.6 Å². The summed E-state index contributed by atoms with van der Waals surface area (Å²) in [5.41, 5.74) is 3.15. The van der Waals surface area contributed by atoms with Gasteiger partial charge in [0.15, 0.2) is 0 Å². The third-order valence-corrected chi connectivity index (χ3v) is 4.15. The van der Waals surface area contributed by atoms with Gasteiger partial charge in [-0.1, -0.05) is 18.2 Å². The summed E-state index contributed by atoms with van der Waals surface area (Å²) in [6.45, 7) is 6.93. The fraction of sp³-hybridized carbons (Fsp3) is 0.350. The highest BCUT2D eigenvalue weighted by molar-refractivity contribution is 5.91. The molecule has 128 valence electrons. The lowest BCUT2D eigenvalue weighted by Crippen LogP contribution is -2.24. The first-order valence-electron chi connectivity index (χ1n) is 8.55. The summed E-state index contributed by atoms with van der Waals surface area (Å²) in [6.07, 6.45) is 0.461. The highest BCUT2D eigenvalue weighted by Gasteiger charge is 2.07. The minimum absolute atomic E-state index is 0.0355. The zero-order chi connectivity index (χ0) is 17.4. The van der Waals surface area contributed by atoms with Crippen LogP contribution < -0.4 is 15.1 Å². The molecule has 0 spiro atoms. The smallest absolute Gasteiger partial charge is 0.226 e. The molecule has 2 rings (SSSR count). The van der Waals surface area contributed by atoms with Gasteiger partial charge in [0.2, 0.25) is 5.91 Å². The molecular weight excluding hydrogens is 298 g/mol. The summed E-state index contributed by atoms with van der Waals surface area (Å²) in [7, 11) is 2.00. The van der Waals surface area contributed by atoms with E-state index in [1.807, 2.05) is 49.5 Å². The molecule has 1 N–H and O–H groups in total. The second-order valence-electron chi connectivity index (χ2n) is 5.77. The van der Waals surface area contributed by atoms with E-state index >= 15 is 0 Å². The molecule has 0 aliphatic rings. The predicted molar refractivity (Wildman–Crippen MR) is 103 cm³/mol. The standard InChI is InChI=1S/C20H27N3O/c1-4-23(5-2)19-13-11-17(12-14-19)21-20(24)15-16-22(3)18-9-7-6-8-10-18/h6-14H,4-5,15-16H2,1-3H3,(H,21,24). The number of rotatable bonds is 8. The minimum Gasteiger partial charge on any atom is -0.374 e. The van der Waals surface area contributed by atoms with Crippen LogP contribution in [-0.2, 0) is 4.79 Å². The van der Waals surface area contributed by atoms with Gasteiger partial charge in [0.1, 0.15) is 0 Å². The maximum absolute atomic E-state index is 12.1. The summed E-state index contributed by atoms with van der Waals surface area (Å²) >= 11 is 0. The monoisotopic (exact) mass is 325 g/mol. The average Bonchev–Trinajstić information content (AvgIpc) is 2.63. The van der Waals surface area contributed by atoms with E-state index in [0.717, 1.165) is 24.5 Å². The zero-order valence-corrected chi connectivity index (χ0v) is 14.8. The quantitative estimate of drug-likeness (QED) is 0.797. The van der Waals surface area contributed by atoms with Crippen molar-refractivity contribution in [2.75, 3.05) is 41.8 Å². The maximum atomic E-state index is 12.1. The second kappa shape index (κ2) is 8.96. The van der Waals surface area contributed by atoms with Crippen molar-refractivity contribution in [3.05, 3.63) is 54.6 Å². The normalized spacial score (nSPS) is 10.3. The zero-order valence-electron chi connectivity index (χ0n) is 14.8. The van der Waals surface area contributed by atoms with Crippen LogP contribution in [0.1, 0.15) is 20.3 Å². The van der Waals surface area contributed by atoms with Crippen molar-refractivity contribution in [2.45, 2.75) is 20.3 Å². The third-order valence-electron chi connectivity index (χ3n) is 4.15. The first-order chi connectivity index (χ1) is 11.6. The van der Waals surface area contributed by atoms with E-state index in [1.54, 1.807) is 0 Å². The Morgan fingerprint density at radius 1 is 0.917 bits per heavy atom. The number of benzene rings is 2. The van der Waals surface area contributed by atoms with Gasteiger partial charge in [-0.3, -0.25) is 4.79 Å². The number of nitrogens with one attached hydrogen (secondary N) is 1. The van der Waals surface area contributed by atoms with Crippen molar-refractivity contribution in [2.24, 2.45) is 0 Å². The van der Waals surface area contributed by atoms with Crippen molar-refractivity contribution >= 4 is 23.0 Å². The molecule has 4 heteroatoms. The molecule has 4 nitrogen and oxygen atoms in total. The number of hydrogen-bond acceptors (Lipinski definition) is 3. The Bertz CT molecular complexity index is 621. The fourth-order valence-corrected chi connectivity index (χ4v) is 2.65. The number of amides is 1. The molecule has 24 heavy (non-hydrogen) atoms. The van der Waals surface area contributed by atoms with Gasteiger partial charge in [-0.05, 0) is 50.2 Å². The Balaban J connectivity index is 1.84. The van der Waals surface area contributed by atoms with Gasteiger partial charge < -0.3 is 15.1 Å². The SMILES string of the molecule is CCN(CC)c1ccc(NC(=O)CCN(C)c2ccccc2)cc1. The lowest BCUT2D eigenvalue weighted by Gasteiger charge is -2.21. The molecular formula is C20H27N3O. The van der Waals surface area contributed by atoms with Gasteiger partial charge >= 0.3 is 0 Å². The second-order valence-corrected chi connectivity index (χ2v) is 5.77. The van der Waals surface area contributed by atoms with Gasteiger partial charge in [0, 0.05) is 50.2 Å². The van der Waals surface area contributed by atoms with E-state index in [0.29, 0.717) is 13.0 Å². The van der Waals surface area contributed by atoms with Crippen molar-refractivity contribution in [1.29, 1.82) is 0 Å². The lowest BCUT2D eigenvalue weighted by atomic mass is 10.2. The van der Waals surface area contributed by atoms with Crippen molar-refractivity contribution in [3.63, 3.8) is 0 Å². The Hall–Kier alpha value is -2.49. The van der Waals surface area contributed by atoms with Crippen LogP contribution in [0.2, 0.25) is 0 Å². The minimum atomic E-state index is 0.0355. The molecule has 0 radical (unpaired) electrons. The molecule has 0 aliphatic heterocycles. The number of carbonyl (C=O) groups is 1. The van der Waals surface area contributed by atoms with E-state index in [9.17, 15) is 4.79 Å². The van der Waals surface area contributed by atoms with E-state index in [-0.39, 0.29) is 5.91 Å². The van der Waals surface area contributed by atoms with Gasteiger partial charge in [-0.2, -0.15) is 0 Å². The number of hydrogen-bond donors (Lipinski definition) is 1. The molecule has 1 amide bonds. The molecule has 0 aliphatic carbocycles. The Morgan fingerprint density at radius 3 is 2.12 bits per heavy atom. The number of nitrogens with zero attached hydrogens (tertiary/aromatic N) is 2. The van der Waals surface area contributed by atoms with E-state index in [4.69, 9.17) is 0 Å². The van der Waals surface area contributed by atoms with E-state index in [1.165, 1.54) is 5.69 Å². The van der Waals surface area contributed by atoms with Crippen LogP contribution in [0, 0.1) is 0 Å². The molecule has 0 bridgehead atoms. The number of carbonyl (C=O) groups excluding carboxylic acids is 1. The van der Waals surface area contributed by atoms with Crippen molar-refractivity contribution in [1.82, 2.24) is 0 Å². The van der Waals surface area contributed by atoms with Gasteiger partial charge in [-0.15, -0.1) is 0 Å². The molecule has 0 fully saturated rings. The molecule has 2 aromatic carbocycles. The maximum Gasteiger partial charge on any atom is 0.226 e.